The van der Waals surface area contributed by atoms with E-state index in [9.17, 15) is 0 Å². The zero-order chi connectivity index (χ0) is 38.0. The maximum absolute atomic E-state index is 6.67. The summed E-state index contributed by atoms with van der Waals surface area (Å²) in [6.07, 6.45) is 0. The van der Waals surface area contributed by atoms with Crippen LogP contribution >= 0.6 is 0 Å². The lowest BCUT2D eigenvalue weighted by Gasteiger charge is -2.42. The number of anilines is 3. The van der Waals surface area contributed by atoms with Gasteiger partial charge in [0.25, 0.3) is 0 Å². The number of aromatic nitrogens is 3. The molecule has 0 amide bonds. The second-order valence-electron chi connectivity index (χ2n) is 15.7. The third kappa shape index (κ3) is 5.56. The van der Waals surface area contributed by atoms with Crippen molar-refractivity contribution in [2.75, 3.05) is 4.90 Å². The highest BCUT2D eigenvalue weighted by molar-refractivity contribution is 7.01. The van der Waals surface area contributed by atoms with Crippen molar-refractivity contribution < 1.29 is 4.74 Å². The highest BCUT2D eigenvalue weighted by atomic mass is 28.3. The average Bonchev–Trinajstić information content (AvgIpc) is 3.24. The Labute approximate surface area is 329 Å². The van der Waals surface area contributed by atoms with Crippen LogP contribution in [0.25, 0.3) is 45.3 Å². The monoisotopic (exact) mass is 740 g/mol. The lowest BCUT2D eigenvalue weighted by Crippen LogP contribution is -2.56. The Kier molecular flexibility index (Phi) is 7.87. The smallest absolute Gasteiger partial charge is 0.164 e. The van der Waals surface area contributed by atoms with Crippen LogP contribution in [0.15, 0.2) is 170 Å². The maximum atomic E-state index is 6.67. The van der Waals surface area contributed by atoms with Crippen molar-refractivity contribution >= 4 is 35.5 Å². The van der Waals surface area contributed by atoms with Crippen LogP contribution in [-0.2, 0) is 5.41 Å². The van der Waals surface area contributed by atoms with Crippen molar-refractivity contribution in [3.63, 3.8) is 0 Å². The predicted molar refractivity (Wildman–Crippen MR) is 232 cm³/mol. The van der Waals surface area contributed by atoms with E-state index < -0.39 is 8.07 Å². The number of para-hydroxylation sites is 2. The second-order valence-corrected chi connectivity index (χ2v) is 20.1. The molecular formula is C50H40N4OSi. The van der Waals surface area contributed by atoms with Gasteiger partial charge in [-0.3, -0.25) is 0 Å². The Morgan fingerprint density at radius 1 is 0.446 bits per heavy atom. The molecule has 7 aromatic carbocycles. The highest BCUT2D eigenvalue weighted by Gasteiger charge is 2.38. The maximum Gasteiger partial charge on any atom is 0.164 e. The molecule has 0 unspecified atom stereocenters. The van der Waals surface area contributed by atoms with E-state index in [1.807, 2.05) is 60.7 Å². The first-order valence-corrected chi connectivity index (χ1v) is 22.2. The molecular weight excluding hydrogens is 701 g/mol. The molecule has 0 radical (unpaired) electrons. The number of nitrogens with zero attached hydrogens (tertiary/aromatic N) is 4. The normalized spacial score (nSPS) is 14.5. The van der Waals surface area contributed by atoms with Crippen LogP contribution in [0.5, 0.6) is 11.5 Å². The van der Waals surface area contributed by atoms with Gasteiger partial charge in [-0.15, -0.1) is 0 Å². The van der Waals surface area contributed by atoms with E-state index in [1.54, 1.807) is 0 Å². The standard InChI is InChI=1S/C50H40N4OSi/c1-50(2)39-22-11-13-24-41(39)54(42-25-14-12-23-40(42)50)38-21-15-20-35(30-38)36-26-28-43-45(31-36)56(3,4)46-32-37(27-29-44(46)55-43)49-52-47(33-16-7-5-8-17-33)51-48(53-49)34-18-9-6-10-19-34/h5-32H,1-4H3. The number of rotatable bonds is 5. The van der Waals surface area contributed by atoms with E-state index in [0.29, 0.717) is 17.5 Å². The predicted octanol–water partition coefficient (Wildman–Crippen LogP) is 11.6. The molecule has 56 heavy (non-hydrogen) atoms. The molecule has 0 aliphatic carbocycles. The summed E-state index contributed by atoms with van der Waals surface area (Å²) < 4.78 is 6.67. The fraction of sp³-hybridized carbons (Fsp3) is 0.100. The number of hydrogen-bond donors (Lipinski definition) is 0. The fourth-order valence-electron chi connectivity index (χ4n) is 8.51. The molecule has 0 saturated heterocycles. The van der Waals surface area contributed by atoms with Gasteiger partial charge in [0, 0.05) is 27.8 Å². The Bertz CT molecular complexity index is 2690. The summed E-state index contributed by atoms with van der Waals surface area (Å²) in [6, 6.07) is 59.9. The van der Waals surface area contributed by atoms with Gasteiger partial charge in [-0.25, -0.2) is 15.0 Å². The molecule has 0 saturated carbocycles. The molecule has 0 atom stereocenters. The van der Waals surface area contributed by atoms with Crippen LogP contribution in [0, 0.1) is 0 Å². The van der Waals surface area contributed by atoms with Gasteiger partial charge in [0.15, 0.2) is 17.5 Å². The molecule has 0 spiro atoms. The summed E-state index contributed by atoms with van der Waals surface area (Å²) in [5, 5.41) is 2.49. The van der Waals surface area contributed by atoms with Crippen molar-refractivity contribution in [1.82, 2.24) is 15.0 Å². The summed E-state index contributed by atoms with van der Waals surface area (Å²) in [7, 11) is -2.28. The SMILES string of the molecule is CC1(C)c2ccccc2N(c2cccc(-c3ccc4c(c3)[Si](C)(C)c3cc(-c5nc(-c6ccccc6)nc(-c6ccccc6)n5)ccc3O4)c2)c2ccccc21. The number of hydrogen-bond acceptors (Lipinski definition) is 5. The minimum atomic E-state index is -2.28. The Morgan fingerprint density at radius 2 is 0.893 bits per heavy atom. The van der Waals surface area contributed by atoms with Gasteiger partial charge in [0.05, 0.1) is 11.4 Å². The van der Waals surface area contributed by atoms with Crippen LogP contribution < -0.4 is 20.0 Å². The fourth-order valence-corrected chi connectivity index (χ4v) is 11.3. The van der Waals surface area contributed by atoms with E-state index in [-0.39, 0.29) is 5.41 Å². The Hall–Kier alpha value is -6.63. The van der Waals surface area contributed by atoms with E-state index >= 15 is 0 Å². The number of ether oxygens (including phenoxy) is 1. The first-order valence-electron chi connectivity index (χ1n) is 19.2. The quantitative estimate of drug-likeness (QED) is 0.164. The molecule has 0 fully saturated rings. The summed E-state index contributed by atoms with van der Waals surface area (Å²) >= 11 is 0. The average molecular weight is 741 g/mol. The molecule has 10 rings (SSSR count). The number of fused-ring (bicyclic) bond motifs is 4. The van der Waals surface area contributed by atoms with Crippen LogP contribution in [0.1, 0.15) is 25.0 Å². The van der Waals surface area contributed by atoms with Gasteiger partial charge < -0.3 is 9.64 Å². The Balaban J connectivity index is 1.04. The largest absolute Gasteiger partial charge is 0.458 e. The Morgan fingerprint density at radius 3 is 1.46 bits per heavy atom. The van der Waals surface area contributed by atoms with Crippen LogP contribution in [-0.4, -0.2) is 23.0 Å². The van der Waals surface area contributed by atoms with Gasteiger partial charge in [-0.05, 0) is 81.2 Å². The van der Waals surface area contributed by atoms with E-state index in [2.05, 4.69) is 141 Å². The summed E-state index contributed by atoms with van der Waals surface area (Å²) in [5.74, 6) is 3.78. The molecule has 2 aliphatic rings. The molecule has 3 heterocycles. The van der Waals surface area contributed by atoms with E-state index in [4.69, 9.17) is 19.7 Å². The first-order chi connectivity index (χ1) is 27.3. The van der Waals surface area contributed by atoms with Crippen molar-refractivity contribution in [3.05, 3.63) is 181 Å². The van der Waals surface area contributed by atoms with Crippen molar-refractivity contribution in [2.24, 2.45) is 0 Å². The molecule has 0 N–H and O–H groups in total. The minimum absolute atomic E-state index is 0.107. The zero-order valence-corrected chi connectivity index (χ0v) is 32.9. The van der Waals surface area contributed by atoms with Gasteiger partial charge in [0.1, 0.15) is 19.6 Å². The lowest BCUT2D eigenvalue weighted by molar-refractivity contribution is 0.487. The van der Waals surface area contributed by atoms with Crippen LogP contribution in [0.3, 0.4) is 0 Å². The summed E-state index contributed by atoms with van der Waals surface area (Å²) in [5.41, 5.74) is 11.3. The van der Waals surface area contributed by atoms with Gasteiger partial charge in [-0.2, -0.15) is 0 Å². The molecule has 1 aromatic heterocycles. The van der Waals surface area contributed by atoms with Crippen molar-refractivity contribution in [3.8, 4) is 56.8 Å². The summed E-state index contributed by atoms with van der Waals surface area (Å²) in [4.78, 5) is 17.4. The minimum Gasteiger partial charge on any atom is -0.458 e. The molecule has 2 aliphatic heterocycles. The van der Waals surface area contributed by atoms with Crippen molar-refractivity contribution in [2.45, 2.75) is 32.4 Å². The molecule has 6 heteroatoms. The highest BCUT2D eigenvalue weighted by Crippen LogP contribution is 2.52. The second kappa shape index (κ2) is 13.0. The third-order valence-electron chi connectivity index (χ3n) is 11.6. The first kappa shape index (κ1) is 33.9. The van der Waals surface area contributed by atoms with E-state index in [0.717, 1.165) is 33.9 Å². The van der Waals surface area contributed by atoms with Crippen LogP contribution in [0.2, 0.25) is 13.1 Å². The lowest BCUT2D eigenvalue weighted by atomic mass is 9.73. The van der Waals surface area contributed by atoms with Gasteiger partial charge in [-0.1, -0.05) is 148 Å². The third-order valence-corrected chi connectivity index (χ3v) is 15.0. The zero-order valence-electron chi connectivity index (χ0n) is 31.9. The molecule has 8 aromatic rings. The van der Waals surface area contributed by atoms with E-state index in [1.165, 1.54) is 44.0 Å². The topological polar surface area (TPSA) is 51.1 Å². The van der Waals surface area contributed by atoms with Crippen LogP contribution in [0.4, 0.5) is 17.1 Å². The number of benzene rings is 7. The van der Waals surface area contributed by atoms with Gasteiger partial charge >= 0.3 is 0 Å². The molecule has 270 valence electrons. The summed E-state index contributed by atoms with van der Waals surface area (Å²) in [6.45, 7) is 9.49. The molecule has 0 bridgehead atoms. The van der Waals surface area contributed by atoms with Gasteiger partial charge in [0.2, 0.25) is 0 Å². The molecule has 5 nitrogen and oxygen atoms in total. The van der Waals surface area contributed by atoms with Crippen molar-refractivity contribution in [1.29, 1.82) is 0 Å².